The number of hydrogen-bond donors (Lipinski definition) is 1. The number of hydrogen-bond acceptors (Lipinski definition) is 3. The van der Waals surface area contributed by atoms with Gasteiger partial charge in [0.2, 0.25) is 11.8 Å². The molecular weight excluding hydrogens is 218 g/mol. The van der Waals surface area contributed by atoms with Crippen molar-refractivity contribution in [2.24, 2.45) is 5.73 Å². The first-order valence-electron chi connectivity index (χ1n) is 6.21. The van der Waals surface area contributed by atoms with Crippen molar-refractivity contribution in [1.29, 1.82) is 0 Å². The van der Waals surface area contributed by atoms with Gasteiger partial charge in [-0.15, -0.1) is 0 Å². The van der Waals surface area contributed by atoms with Crippen molar-refractivity contribution in [3.8, 4) is 0 Å². The van der Waals surface area contributed by atoms with Crippen molar-refractivity contribution in [3.63, 3.8) is 0 Å². The van der Waals surface area contributed by atoms with Crippen molar-refractivity contribution in [1.82, 2.24) is 9.80 Å². The zero-order chi connectivity index (χ0) is 13.2. The van der Waals surface area contributed by atoms with E-state index in [-0.39, 0.29) is 23.9 Å². The highest BCUT2D eigenvalue weighted by atomic mass is 16.2. The number of rotatable bonds is 2. The molecule has 0 unspecified atom stereocenters. The minimum absolute atomic E-state index is 0.00518. The lowest BCUT2D eigenvalue weighted by molar-refractivity contribution is -0.145. The predicted octanol–water partition coefficient (Wildman–Crippen LogP) is 0.191. The monoisotopic (exact) mass is 241 g/mol. The van der Waals surface area contributed by atoms with E-state index >= 15 is 0 Å². The molecule has 98 valence electrons. The van der Waals surface area contributed by atoms with Crippen LogP contribution in [0.25, 0.3) is 0 Å². The van der Waals surface area contributed by atoms with Crippen LogP contribution in [0, 0.1) is 0 Å². The Labute approximate surface area is 103 Å². The largest absolute Gasteiger partial charge is 0.337 e. The molecule has 5 heteroatoms. The molecule has 0 aromatic carbocycles. The van der Waals surface area contributed by atoms with E-state index in [2.05, 4.69) is 0 Å². The van der Waals surface area contributed by atoms with Gasteiger partial charge in [-0.1, -0.05) is 6.92 Å². The van der Waals surface area contributed by atoms with E-state index in [1.54, 1.807) is 11.8 Å². The second-order valence-corrected chi connectivity index (χ2v) is 4.88. The molecule has 0 saturated carbocycles. The van der Waals surface area contributed by atoms with Crippen LogP contribution in [0.5, 0.6) is 0 Å². The molecule has 1 aliphatic rings. The lowest BCUT2D eigenvalue weighted by Crippen LogP contribution is -2.61. The normalized spacial score (nSPS) is 26.9. The molecule has 0 spiro atoms. The maximum absolute atomic E-state index is 12.0. The van der Waals surface area contributed by atoms with Crippen molar-refractivity contribution in [2.45, 2.75) is 52.2 Å². The molecule has 0 aliphatic carbocycles. The standard InChI is InChI=1S/C12H23N3O2/c1-5-11(13)12(17)14-6-8(2)15(10(4)16)9(3)7-14/h8-9,11H,5-7,13H2,1-4H3/t8-,9+,11-/m0/s1. The van der Waals surface area contributed by atoms with Gasteiger partial charge in [0.15, 0.2) is 0 Å². The van der Waals surface area contributed by atoms with Crippen LogP contribution in [0.2, 0.25) is 0 Å². The highest BCUT2D eigenvalue weighted by Crippen LogP contribution is 2.16. The van der Waals surface area contributed by atoms with Gasteiger partial charge in [-0.2, -0.15) is 0 Å². The summed E-state index contributed by atoms with van der Waals surface area (Å²) in [5.74, 6) is 0.0614. The zero-order valence-corrected chi connectivity index (χ0v) is 11.1. The summed E-state index contributed by atoms with van der Waals surface area (Å²) in [7, 11) is 0. The fourth-order valence-electron chi connectivity index (χ4n) is 2.53. The number of amides is 2. The molecule has 0 bridgehead atoms. The zero-order valence-electron chi connectivity index (χ0n) is 11.1. The first-order valence-corrected chi connectivity index (χ1v) is 6.21. The Bertz CT molecular complexity index is 294. The van der Waals surface area contributed by atoms with Gasteiger partial charge in [0, 0.05) is 32.1 Å². The van der Waals surface area contributed by atoms with Gasteiger partial charge < -0.3 is 15.5 Å². The molecule has 1 heterocycles. The summed E-state index contributed by atoms with van der Waals surface area (Å²) >= 11 is 0. The van der Waals surface area contributed by atoms with E-state index < -0.39 is 6.04 Å². The number of carbonyl (C=O) groups excluding carboxylic acids is 2. The maximum Gasteiger partial charge on any atom is 0.239 e. The minimum atomic E-state index is -0.418. The van der Waals surface area contributed by atoms with E-state index in [4.69, 9.17) is 5.73 Å². The van der Waals surface area contributed by atoms with Crippen molar-refractivity contribution < 1.29 is 9.59 Å². The molecule has 0 radical (unpaired) electrons. The molecule has 3 atom stereocenters. The van der Waals surface area contributed by atoms with Crippen LogP contribution in [0.4, 0.5) is 0 Å². The van der Waals surface area contributed by atoms with Crippen LogP contribution < -0.4 is 5.73 Å². The van der Waals surface area contributed by atoms with Crippen LogP contribution >= 0.6 is 0 Å². The Hall–Kier alpha value is -1.10. The maximum atomic E-state index is 12.0. The fraction of sp³-hybridized carbons (Fsp3) is 0.833. The second-order valence-electron chi connectivity index (χ2n) is 4.88. The van der Waals surface area contributed by atoms with Crippen LogP contribution in [-0.2, 0) is 9.59 Å². The first kappa shape index (κ1) is 14.0. The van der Waals surface area contributed by atoms with Crippen LogP contribution in [0.3, 0.4) is 0 Å². The number of nitrogens with zero attached hydrogens (tertiary/aromatic N) is 2. The van der Waals surface area contributed by atoms with E-state index in [1.165, 1.54) is 0 Å². The molecule has 1 fully saturated rings. The third kappa shape index (κ3) is 2.97. The average Bonchev–Trinajstić information content (AvgIpc) is 2.25. The van der Waals surface area contributed by atoms with Crippen molar-refractivity contribution in [3.05, 3.63) is 0 Å². The number of nitrogens with two attached hydrogens (primary N) is 1. The van der Waals surface area contributed by atoms with Gasteiger partial charge in [-0.3, -0.25) is 9.59 Å². The van der Waals surface area contributed by atoms with E-state index in [9.17, 15) is 9.59 Å². The Morgan fingerprint density at radius 1 is 1.29 bits per heavy atom. The SMILES string of the molecule is CC[C@H](N)C(=O)N1C[C@@H](C)N(C(C)=O)[C@@H](C)C1. The molecule has 1 saturated heterocycles. The first-order chi connectivity index (χ1) is 7.88. The quantitative estimate of drug-likeness (QED) is 0.750. The Balaban J connectivity index is 2.72. The molecule has 1 rings (SSSR count). The van der Waals surface area contributed by atoms with Gasteiger partial charge >= 0.3 is 0 Å². The summed E-state index contributed by atoms with van der Waals surface area (Å²) in [6.07, 6.45) is 0.647. The Kier molecular flexibility index (Phi) is 4.51. The van der Waals surface area contributed by atoms with E-state index in [0.717, 1.165) is 0 Å². The minimum Gasteiger partial charge on any atom is -0.337 e. The van der Waals surface area contributed by atoms with Gasteiger partial charge in [0.25, 0.3) is 0 Å². The van der Waals surface area contributed by atoms with Crippen LogP contribution in [0.1, 0.15) is 34.1 Å². The van der Waals surface area contributed by atoms with E-state index in [0.29, 0.717) is 19.5 Å². The highest BCUT2D eigenvalue weighted by molar-refractivity contribution is 5.82. The van der Waals surface area contributed by atoms with Gasteiger partial charge in [0.1, 0.15) is 0 Å². The average molecular weight is 241 g/mol. The summed E-state index contributed by atoms with van der Waals surface area (Å²) in [4.78, 5) is 27.1. The molecule has 2 amide bonds. The third-order valence-corrected chi connectivity index (χ3v) is 3.35. The van der Waals surface area contributed by atoms with Crippen molar-refractivity contribution >= 4 is 11.8 Å². The lowest BCUT2D eigenvalue weighted by atomic mass is 10.1. The molecule has 2 N–H and O–H groups in total. The van der Waals surface area contributed by atoms with Gasteiger partial charge in [-0.25, -0.2) is 0 Å². The third-order valence-electron chi connectivity index (χ3n) is 3.35. The summed E-state index contributed by atoms with van der Waals surface area (Å²) in [5.41, 5.74) is 5.76. The molecule has 1 aliphatic heterocycles. The molecular formula is C12H23N3O2. The smallest absolute Gasteiger partial charge is 0.239 e. The molecule has 5 nitrogen and oxygen atoms in total. The molecule has 0 aromatic rings. The summed E-state index contributed by atoms with van der Waals surface area (Å²) in [5, 5.41) is 0. The molecule has 0 aromatic heterocycles. The molecule has 17 heavy (non-hydrogen) atoms. The number of piperazine rings is 1. The topological polar surface area (TPSA) is 66.6 Å². The fourth-order valence-corrected chi connectivity index (χ4v) is 2.53. The van der Waals surface area contributed by atoms with Gasteiger partial charge in [0.05, 0.1) is 6.04 Å². The summed E-state index contributed by atoms with van der Waals surface area (Å²) in [6.45, 7) is 8.57. The second kappa shape index (κ2) is 5.49. The van der Waals surface area contributed by atoms with Crippen molar-refractivity contribution in [2.75, 3.05) is 13.1 Å². The van der Waals surface area contributed by atoms with Crippen LogP contribution in [0.15, 0.2) is 0 Å². The lowest BCUT2D eigenvalue weighted by Gasteiger charge is -2.44. The number of carbonyl (C=O) groups is 2. The highest BCUT2D eigenvalue weighted by Gasteiger charge is 2.34. The summed E-state index contributed by atoms with van der Waals surface area (Å²) in [6, 6.07) is -0.299. The predicted molar refractivity (Wildman–Crippen MR) is 66.3 cm³/mol. The van der Waals surface area contributed by atoms with Crippen LogP contribution in [-0.4, -0.2) is 52.8 Å². The Morgan fingerprint density at radius 2 is 1.76 bits per heavy atom. The van der Waals surface area contributed by atoms with Gasteiger partial charge in [-0.05, 0) is 20.3 Å². The van der Waals surface area contributed by atoms with E-state index in [1.807, 2.05) is 25.7 Å². The summed E-state index contributed by atoms with van der Waals surface area (Å²) < 4.78 is 0. The Morgan fingerprint density at radius 3 is 2.12 bits per heavy atom.